The lowest BCUT2D eigenvalue weighted by molar-refractivity contribution is -0.134. The fourth-order valence-corrected chi connectivity index (χ4v) is 5.50. The topological polar surface area (TPSA) is 99.6 Å². The highest BCUT2D eigenvalue weighted by molar-refractivity contribution is 6.08. The van der Waals surface area contributed by atoms with Crippen LogP contribution in [-0.4, -0.2) is 83.1 Å². The molecule has 2 N–H and O–H groups in total. The molecular weight excluding hydrogens is 420 g/mol. The molecule has 9 heteroatoms. The normalized spacial score (nSPS) is 23.2. The molecule has 3 aliphatic heterocycles. The number of fused-ring (bicyclic) bond motifs is 1. The average Bonchev–Trinajstić information content (AvgIpc) is 3.16. The molecule has 1 unspecified atom stereocenters. The maximum atomic E-state index is 13.5. The van der Waals surface area contributed by atoms with Crippen molar-refractivity contribution >= 4 is 28.6 Å². The molecule has 0 spiro atoms. The third-order valence-electron chi connectivity index (χ3n) is 7.32. The molecule has 0 aliphatic carbocycles. The van der Waals surface area contributed by atoms with Gasteiger partial charge in [-0.3, -0.25) is 24.4 Å². The summed E-state index contributed by atoms with van der Waals surface area (Å²) in [6.07, 6.45) is 2.79. The van der Waals surface area contributed by atoms with E-state index in [1.54, 1.807) is 4.68 Å². The van der Waals surface area contributed by atoms with Gasteiger partial charge in [-0.2, -0.15) is 5.10 Å². The van der Waals surface area contributed by atoms with Gasteiger partial charge in [-0.25, -0.2) is 0 Å². The van der Waals surface area contributed by atoms with Crippen LogP contribution in [0.5, 0.6) is 0 Å². The fraction of sp³-hybridized carbons (Fsp3) is 0.583. The van der Waals surface area contributed by atoms with Gasteiger partial charge in [0.25, 0.3) is 5.91 Å². The number of aryl methyl sites for hydroxylation is 1. The maximum Gasteiger partial charge on any atom is 0.256 e. The number of hydrogen-bond donors (Lipinski definition) is 2. The Labute approximate surface area is 193 Å². The van der Waals surface area contributed by atoms with Gasteiger partial charge in [0.15, 0.2) is 0 Å². The van der Waals surface area contributed by atoms with Crippen molar-refractivity contribution in [3.8, 4) is 0 Å². The van der Waals surface area contributed by atoms with Crippen LogP contribution in [0.3, 0.4) is 0 Å². The summed E-state index contributed by atoms with van der Waals surface area (Å²) in [5.41, 5.74) is 2.02. The highest BCUT2D eigenvalue weighted by Gasteiger charge is 2.33. The molecule has 3 amide bonds. The SMILES string of the molecule is Cn1nc(C2CCC(=O)NC2=O)c2cccc(C(=O)N3CCC(CN4CCNCC4)CC3)c21. The summed E-state index contributed by atoms with van der Waals surface area (Å²) in [4.78, 5) is 42.0. The van der Waals surface area contributed by atoms with E-state index in [-0.39, 0.29) is 17.7 Å². The fourth-order valence-electron chi connectivity index (χ4n) is 5.50. The van der Waals surface area contributed by atoms with E-state index in [4.69, 9.17) is 0 Å². The minimum Gasteiger partial charge on any atom is -0.339 e. The summed E-state index contributed by atoms with van der Waals surface area (Å²) in [6.45, 7) is 7.00. The Morgan fingerprint density at radius 1 is 1.09 bits per heavy atom. The summed E-state index contributed by atoms with van der Waals surface area (Å²) >= 11 is 0. The van der Waals surface area contributed by atoms with Crippen molar-refractivity contribution < 1.29 is 14.4 Å². The molecule has 9 nitrogen and oxygen atoms in total. The molecule has 0 radical (unpaired) electrons. The number of carbonyl (C=O) groups is 3. The Morgan fingerprint density at radius 2 is 1.85 bits per heavy atom. The summed E-state index contributed by atoms with van der Waals surface area (Å²) in [6, 6.07) is 5.63. The monoisotopic (exact) mass is 452 g/mol. The van der Waals surface area contributed by atoms with E-state index in [0.717, 1.165) is 69.6 Å². The van der Waals surface area contributed by atoms with Crippen molar-refractivity contribution in [3.63, 3.8) is 0 Å². The smallest absolute Gasteiger partial charge is 0.256 e. The largest absolute Gasteiger partial charge is 0.339 e. The molecule has 0 bridgehead atoms. The van der Waals surface area contributed by atoms with E-state index in [1.807, 2.05) is 30.1 Å². The van der Waals surface area contributed by atoms with Gasteiger partial charge in [-0.05, 0) is 31.2 Å². The van der Waals surface area contributed by atoms with E-state index < -0.39 is 5.92 Å². The Hall–Kier alpha value is -2.78. The molecule has 3 aliphatic rings. The number of nitrogens with one attached hydrogen (secondary N) is 2. The quantitative estimate of drug-likeness (QED) is 0.668. The number of benzene rings is 1. The second-order valence-corrected chi connectivity index (χ2v) is 9.50. The summed E-state index contributed by atoms with van der Waals surface area (Å²) in [7, 11) is 1.81. The Kier molecular flexibility index (Phi) is 6.16. The molecule has 176 valence electrons. The first-order valence-electron chi connectivity index (χ1n) is 12.0. The minimum absolute atomic E-state index is 0.0269. The highest BCUT2D eigenvalue weighted by Crippen LogP contribution is 2.32. The van der Waals surface area contributed by atoms with Crippen molar-refractivity contribution in [1.82, 2.24) is 30.2 Å². The molecule has 3 saturated heterocycles. The van der Waals surface area contributed by atoms with Gasteiger partial charge in [-0.1, -0.05) is 12.1 Å². The number of hydrogen-bond acceptors (Lipinski definition) is 6. The molecule has 4 heterocycles. The van der Waals surface area contributed by atoms with Crippen LogP contribution in [0.15, 0.2) is 18.2 Å². The molecule has 1 aromatic heterocycles. The Balaban J connectivity index is 1.32. The van der Waals surface area contributed by atoms with Crippen LogP contribution < -0.4 is 10.6 Å². The van der Waals surface area contributed by atoms with Crippen molar-refractivity contribution in [1.29, 1.82) is 0 Å². The number of nitrogens with zero attached hydrogens (tertiary/aromatic N) is 4. The summed E-state index contributed by atoms with van der Waals surface area (Å²) in [5, 5.41) is 11.2. The second kappa shape index (κ2) is 9.23. The number of aromatic nitrogens is 2. The maximum absolute atomic E-state index is 13.5. The first-order chi connectivity index (χ1) is 16.0. The van der Waals surface area contributed by atoms with E-state index in [0.29, 0.717) is 30.0 Å². The Bertz CT molecular complexity index is 1070. The van der Waals surface area contributed by atoms with Crippen LogP contribution in [0.2, 0.25) is 0 Å². The lowest BCUT2D eigenvalue weighted by Gasteiger charge is -2.36. The third kappa shape index (κ3) is 4.39. The molecule has 2 aromatic rings. The molecule has 33 heavy (non-hydrogen) atoms. The van der Waals surface area contributed by atoms with E-state index in [2.05, 4.69) is 20.6 Å². The number of piperidine rings is 2. The number of piperazine rings is 1. The van der Waals surface area contributed by atoms with Gasteiger partial charge < -0.3 is 15.1 Å². The summed E-state index contributed by atoms with van der Waals surface area (Å²) in [5.74, 6) is -0.363. The van der Waals surface area contributed by atoms with Crippen molar-refractivity contribution in [2.75, 3.05) is 45.8 Å². The molecule has 5 rings (SSSR count). The molecule has 1 atom stereocenters. The number of amides is 3. The van der Waals surface area contributed by atoms with Crippen LogP contribution in [0.1, 0.15) is 47.7 Å². The molecule has 0 saturated carbocycles. The number of para-hydroxylation sites is 1. The number of likely N-dealkylation sites (tertiary alicyclic amines) is 1. The second-order valence-electron chi connectivity index (χ2n) is 9.50. The van der Waals surface area contributed by atoms with Crippen LogP contribution in [0.4, 0.5) is 0 Å². The van der Waals surface area contributed by atoms with Crippen LogP contribution >= 0.6 is 0 Å². The van der Waals surface area contributed by atoms with Crippen LogP contribution in [-0.2, 0) is 16.6 Å². The van der Waals surface area contributed by atoms with Crippen molar-refractivity contribution in [3.05, 3.63) is 29.5 Å². The van der Waals surface area contributed by atoms with Gasteiger partial charge in [0, 0.05) is 64.7 Å². The van der Waals surface area contributed by atoms with Gasteiger partial charge in [0.1, 0.15) is 0 Å². The number of imide groups is 1. The zero-order valence-electron chi connectivity index (χ0n) is 19.2. The van der Waals surface area contributed by atoms with Gasteiger partial charge >= 0.3 is 0 Å². The van der Waals surface area contributed by atoms with E-state index in [1.165, 1.54) is 0 Å². The lowest BCUT2D eigenvalue weighted by atomic mass is 9.92. The zero-order chi connectivity index (χ0) is 22.9. The van der Waals surface area contributed by atoms with Gasteiger partial charge in [-0.15, -0.1) is 0 Å². The molecule has 3 fully saturated rings. The van der Waals surface area contributed by atoms with Gasteiger partial charge in [0.05, 0.1) is 22.7 Å². The predicted octanol–water partition coefficient (Wildman–Crippen LogP) is 0.851. The van der Waals surface area contributed by atoms with Crippen LogP contribution in [0, 0.1) is 5.92 Å². The van der Waals surface area contributed by atoms with Crippen molar-refractivity contribution in [2.45, 2.75) is 31.6 Å². The first kappa shape index (κ1) is 22.0. The number of rotatable bonds is 4. The van der Waals surface area contributed by atoms with E-state index in [9.17, 15) is 14.4 Å². The van der Waals surface area contributed by atoms with Crippen LogP contribution in [0.25, 0.3) is 10.9 Å². The average molecular weight is 453 g/mol. The molecular formula is C24H32N6O3. The number of carbonyl (C=O) groups excluding carboxylic acids is 3. The first-order valence-corrected chi connectivity index (χ1v) is 12.0. The van der Waals surface area contributed by atoms with Crippen molar-refractivity contribution in [2.24, 2.45) is 13.0 Å². The molecule has 1 aromatic carbocycles. The third-order valence-corrected chi connectivity index (χ3v) is 7.32. The minimum atomic E-state index is -0.475. The Morgan fingerprint density at radius 3 is 2.58 bits per heavy atom. The highest BCUT2D eigenvalue weighted by atomic mass is 16.2. The van der Waals surface area contributed by atoms with Gasteiger partial charge in [0.2, 0.25) is 11.8 Å². The zero-order valence-corrected chi connectivity index (χ0v) is 19.2. The van der Waals surface area contributed by atoms with E-state index >= 15 is 0 Å². The lowest BCUT2D eigenvalue weighted by Crippen LogP contribution is -2.47. The summed E-state index contributed by atoms with van der Waals surface area (Å²) < 4.78 is 1.71. The predicted molar refractivity (Wildman–Crippen MR) is 124 cm³/mol. The standard InChI is InChI=1S/C24H32N6O3/c1-28-22-17(21(27-28)18-5-6-20(31)26-23(18)32)3-2-4-19(22)24(33)30-11-7-16(8-12-30)15-29-13-9-25-10-14-29/h2-4,16,18,25H,5-15H2,1H3,(H,26,31,32).